The molecule has 2 aromatic carbocycles. The normalized spacial score (nSPS) is 10.9. The minimum atomic E-state index is -0.434. The lowest BCUT2D eigenvalue weighted by Gasteiger charge is -2.10. The number of hydrogen-bond donors (Lipinski definition) is 1. The van der Waals surface area contributed by atoms with Crippen molar-refractivity contribution in [2.24, 2.45) is 0 Å². The molecule has 3 heterocycles. The van der Waals surface area contributed by atoms with E-state index < -0.39 is 5.91 Å². The maximum absolute atomic E-state index is 13.4. The van der Waals surface area contributed by atoms with Gasteiger partial charge in [0.2, 0.25) is 5.82 Å². The molecule has 0 radical (unpaired) electrons. The predicted molar refractivity (Wildman–Crippen MR) is 120 cm³/mol. The quantitative estimate of drug-likeness (QED) is 0.414. The Bertz CT molecular complexity index is 1340. The zero-order chi connectivity index (χ0) is 21.9. The van der Waals surface area contributed by atoms with Crippen molar-refractivity contribution in [2.45, 2.75) is 6.54 Å². The lowest BCUT2D eigenvalue weighted by Crippen LogP contribution is -2.16. The molecule has 1 amide bonds. The zero-order valence-corrected chi connectivity index (χ0v) is 17.5. The highest BCUT2D eigenvalue weighted by molar-refractivity contribution is 7.13. The number of amides is 1. The molecule has 0 aliphatic heterocycles. The van der Waals surface area contributed by atoms with Crippen molar-refractivity contribution in [2.75, 3.05) is 5.32 Å². The molecule has 0 spiro atoms. The van der Waals surface area contributed by atoms with Crippen molar-refractivity contribution in [3.8, 4) is 16.4 Å². The lowest BCUT2D eigenvalue weighted by molar-refractivity contribution is 0.101. The van der Waals surface area contributed by atoms with Gasteiger partial charge in [0.1, 0.15) is 5.82 Å². The molecule has 0 saturated heterocycles. The summed E-state index contributed by atoms with van der Waals surface area (Å²) in [5.41, 5.74) is 2.17. The van der Waals surface area contributed by atoms with Crippen LogP contribution in [-0.2, 0) is 6.54 Å². The molecule has 0 atom stereocenters. The van der Waals surface area contributed by atoms with E-state index in [9.17, 15) is 9.18 Å². The van der Waals surface area contributed by atoms with Gasteiger partial charge in [-0.1, -0.05) is 24.3 Å². The summed E-state index contributed by atoms with van der Waals surface area (Å²) in [6, 6.07) is 19.1. The van der Waals surface area contributed by atoms with E-state index in [1.165, 1.54) is 23.5 Å². The summed E-state index contributed by atoms with van der Waals surface area (Å²) < 4.78 is 16.7. The highest BCUT2D eigenvalue weighted by atomic mass is 32.1. The summed E-state index contributed by atoms with van der Waals surface area (Å²) in [5.74, 6) is -0.247. The van der Waals surface area contributed by atoms with E-state index in [2.05, 4.69) is 20.5 Å². The number of carbonyl (C=O) groups is 1. The molecule has 0 saturated carbocycles. The number of nitrogens with zero attached hydrogens (tertiary/aromatic N) is 5. The Kier molecular flexibility index (Phi) is 5.30. The van der Waals surface area contributed by atoms with Gasteiger partial charge in [0, 0.05) is 18.1 Å². The first-order valence-electron chi connectivity index (χ1n) is 9.81. The van der Waals surface area contributed by atoms with Crippen LogP contribution < -0.4 is 5.32 Å². The molecular weight excluding hydrogens is 427 g/mol. The fraction of sp³-hybridized carbons (Fsp3) is 0.0435. The van der Waals surface area contributed by atoms with Gasteiger partial charge in [0.25, 0.3) is 5.91 Å². The summed E-state index contributed by atoms with van der Waals surface area (Å²) in [6.07, 6.45) is 3.57. The number of para-hydroxylation sites is 1. The van der Waals surface area contributed by atoms with Gasteiger partial charge >= 0.3 is 0 Å². The standard InChI is InChI=1S/C23H17FN6OS/c24-17-8-10-18(11-9-17)30-22(20-7-3-14-32-20)27-21(28-30)23(31)26-19-6-2-1-5-16(19)15-29-13-4-12-25-29/h1-14H,15H2,(H,26,31). The second-order valence-corrected chi connectivity index (χ2v) is 7.89. The Labute approximate surface area is 186 Å². The number of benzene rings is 2. The van der Waals surface area contributed by atoms with Crippen LogP contribution in [-0.4, -0.2) is 30.5 Å². The van der Waals surface area contributed by atoms with Crippen LogP contribution in [0.25, 0.3) is 16.4 Å². The Morgan fingerprint density at radius 1 is 1.03 bits per heavy atom. The number of thiophene rings is 1. The largest absolute Gasteiger partial charge is 0.319 e. The summed E-state index contributed by atoms with van der Waals surface area (Å²) in [7, 11) is 0. The molecular formula is C23H17FN6OS. The second-order valence-electron chi connectivity index (χ2n) is 6.94. The first kappa shape index (κ1) is 19.8. The van der Waals surface area contributed by atoms with Crippen LogP contribution >= 0.6 is 11.3 Å². The molecule has 0 bridgehead atoms. The fourth-order valence-corrected chi connectivity index (χ4v) is 3.96. The average molecular weight is 444 g/mol. The Morgan fingerprint density at radius 2 is 1.88 bits per heavy atom. The maximum Gasteiger partial charge on any atom is 0.295 e. The van der Waals surface area contributed by atoms with Crippen molar-refractivity contribution >= 4 is 22.9 Å². The van der Waals surface area contributed by atoms with Crippen molar-refractivity contribution in [3.63, 3.8) is 0 Å². The number of halogens is 1. The van der Waals surface area contributed by atoms with Gasteiger partial charge in [-0.05, 0) is 53.4 Å². The molecule has 0 fully saturated rings. The first-order valence-corrected chi connectivity index (χ1v) is 10.7. The lowest BCUT2D eigenvalue weighted by atomic mass is 10.1. The van der Waals surface area contributed by atoms with E-state index in [1.807, 2.05) is 54.0 Å². The van der Waals surface area contributed by atoms with Crippen LogP contribution in [0.1, 0.15) is 16.2 Å². The molecule has 0 aliphatic rings. The van der Waals surface area contributed by atoms with Crippen LogP contribution in [0.5, 0.6) is 0 Å². The third-order valence-electron chi connectivity index (χ3n) is 4.78. The van der Waals surface area contributed by atoms with E-state index in [-0.39, 0.29) is 11.6 Å². The van der Waals surface area contributed by atoms with E-state index in [0.717, 1.165) is 10.4 Å². The molecule has 32 heavy (non-hydrogen) atoms. The van der Waals surface area contributed by atoms with Gasteiger partial charge in [-0.25, -0.2) is 14.1 Å². The molecule has 158 valence electrons. The van der Waals surface area contributed by atoms with Gasteiger partial charge in [-0.3, -0.25) is 9.48 Å². The SMILES string of the molecule is O=C(Nc1ccccc1Cn1cccn1)c1nc(-c2cccs2)n(-c2ccc(F)cc2)n1. The van der Waals surface area contributed by atoms with Gasteiger partial charge in [-0.15, -0.1) is 16.4 Å². The first-order chi connectivity index (χ1) is 15.7. The molecule has 1 N–H and O–H groups in total. The van der Waals surface area contributed by atoms with E-state index >= 15 is 0 Å². The number of rotatable bonds is 6. The summed E-state index contributed by atoms with van der Waals surface area (Å²) in [6.45, 7) is 0.515. The minimum absolute atomic E-state index is 0.0200. The third-order valence-corrected chi connectivity index (χ3v) is 5.65. The highest BCUT2D eigenvalue weighted by Crippen LogP contribution is 2.26. The summed E-state index contributed by atoms with van der Waals surface area (Å²) >= 11 is 1.48. The Hall–Kier alpha value is -4.11. The van der Waals surface area contributed by atoms with Gasteiger partial charge < -0.3 is 5.32 Å². The van der Waals surface area contributed by atoms with Crippen LogP contribution in [0.15, 0.2) is 84.5 Å². The van der Waals surface area contributed by atoms with Gasteiger partial charge in [0.05, 0.1) is 17.1 Å². The Balaban J connectivity index is 1.47. The third kappa shape index (κ3) is 4.06. The van der Waals surface area contributed by atoms with Crippen LogP contribution in [0.3, 0.4) is 0 Å². The summed E-state index contributed by atoms with van der Waals surface area (Å²) in [4.78, 5) is 18.4. The van der Waals surface area contributed by atoms with Gasteiger partial charge in [0.15, 0.2) is 5.82 Å². The van der Waals surface area contributed by atoms with E-state index in [1.54, 1.807) is 27.7 Å². The zero-order valence-electron chi connectivity index (χ0n) is 16.7. The van der Waals surface area contributed by atoms with Crippen LogP contribution in [0, 0.1) is 5.82 Å². The van der Waals surface area contributed by atoms with E-state index in [4.69, 9.17) is 0 Å². The number of hydrogen-bond acceptors (Lipinski definition) is 5. The topological polar surface area (TPSA) is 77.6 Å². The van der Waals surface area contributed by atoms with Gasteiger partial charge in [-0.2, -0.15) is 5.10 Å². The average Bonchev–Trinajstić information content (AvgIpc) is 3.57. The predicted octanol–water partition coefficient (Wildman–Crippen LogP) is 4.63. The summed E-state index contributed by atoms with van der Waals surface area (Å²) in [5, 5.41) is 13.5. The molecule has 5 aromatic rings. The maximum atomic E-state index is 13.4. The second kappa shape index (κ2) is 8.56. The number of aromatic nitrogens is 5. The molecule has 7 nitrogen and oxygen atoms in total. The highest BCUT2D eigenvalue weighted by Gasteiger charge is 2.20. The van der Waals surface area contributed by atoms with E-state index in [0.29, 0.717) is 23.7 Å². The van der Waals surface area contributed by atoms with Crippen LogP contribution in [0.4, 0.5) is 10.1 Å². The molecule has 0 unspecified atom stereocenters. The number of anilines is 1. The van der Waals surface area contributed by atoms with Crippen LogP contribution in [0.2, 0.25) is 0 Å². The Morgan fingerprint density at radius 3 is 2.62 bits per heavy atom. The molecule has 5 rings (SSSR count). The minimum Gasteiger partial charge on any atom is -0.319 e. The molecule has 3 aromatic heterocycles. The fourth-order valence-electron chi connectivity index (χ4n) is 3.26. The molecule has 9 heteroatoms. The number of nitrogens with one attached hydrogen (secondary N) is 1. The monoisotopic (exact) mass is 444 g/mol. The van der Waals surface area contributed by atoms with Crippen molar-refractivity contribution in [1.82, 2.24) is 24.5 Å². The smallest absolute Gasteiger partial charge is 0.295 e. The molecule has 0 aliphatic carbocycles. The van der Waals surface area contributed by atoms with Crippen molar-refractivity contribution < 1.29 is 9.18 Å². The van der Waals surface area contributed by atoms with Crippen molar-refractivity contribution in [3.05, 3.63) is 102 Å². The number of carbonyl (C=O) groups excluding carboxylic acids is 1. The van der Waals surface area contributed by atoms with Crippen molar-refractivity contribution in [1.29, 1.82) is 0 Å².